The second-order valence-corrected chi connectivity index (χ2v) is 7.59. The fourth-order valence-electron chi connectivity index (χ4n) is 2.44. The highest BCUT2D eigenvalue weighted by Gasteiger charge is 2.05. The molecule has 0 atom stereocenters. The number of methoxy groups -OCH3 is 1. The second-order valence-electron chi connectivity index (χ2n) is 7.59. The van der Waals surface area contributed by atoms with E-state index in [1.165, 1.54) is 25.7 Å². The molecule has 2 aromatic carbocycles. The van der Waals surface area contributed by atoms with Gasteiger partial charge in [0, 0.05) is 17.8 Å². The SMILES string of the molecule is CC(=O)c1cccc(C)c1.CCCCN=C(C)CC.COc1cc(C)ccc1OCC(=O)O. The van der Waals surface area contributed by atoms with Crippen molar-refractivity contribution in [2.24, 2.45) is 4.99 Å². The summed E-state index contributed by atoms with van der Waals surface area (Å²) in [5, 5.41) is 8.43. The predicted octanol–water partition coefficient (Wildman–Crippen LogP) is 6.32. The van der Waals surface area contributed by atoms with Crippen LogP contribution in [-0.2, 0) is 4.79 Å². The van der Waals surface area contributed by atoms with Crippen LogP contribution >= 0.6 is 0 Å². The van der Waals surface area contributed by atoms with Gasteiger partial charge in [-0.3, -0.25) is 9.79 Å². The van der Waals surface area contributed by atoms with Gasteiger partial charge in [0.05, 0.1) is 7.11 Å². The van der Waals surface area contributed by atoms with Gasteiger partial charge in [0.2, 0.25) is 0 Å². The first-order valence-corrected chi connectivity index (χ1v) is 11.2. The highest BCUT2D eigenvalue weighted by Crippen LogP contribution is 2.27. The molecule has 0 fully saturated rings. The lowest BCUT2D eigenvalue weighted by atomic mass is 10.1. The average molecular weight is 458 g/mol. The van der Waals surface area contributed by atoms with Crippen LogP contribution in [0.15, 0.2) is 47.5 Å². The van der Waals surface area contributed by atoms with E-state index in [1.54, 1.807) is 19.1 Å². The Morgan fingerprint density at radius 1 is 0.970 bits per heavy atom. The van der Waals surface area contributed by atoms with Crippen molar-refractivity contribution in [2.45, 2.75) is 60.8 Å². The van der Waals surface area contributed by atoms with Gasteiger partial charge in [0.1, 0.15) is 0 Å². The molecule has 0 saturated carbocycles. The summed E-state index contributed by atoms with van der Waals surface area (Å²) in [5.41, 5.74) is 4.24. The van der Waals surface area contributed by atoms with Crippen molar-refractivity contribution in [1.29, 1.82) is 0 Å². The molecule has 0 spiro atoms. The van der Waals surface area contributed by atoms with Crippen LogP contribution in [-0.4, -0.2) is 42.8 Å². The first-order chi connectivity index (χ1) is 15.6. The number of Topliss-reactive ketones (excluding diaryl/α,β-unsaturated/α-hetero) is 1. The minimum atomic E-state index is -1.01. The Morgan fingerprint density at radius 2 is 1.64 bits per heavy atom. The van der Waals surface area contributed by atoms with Crippen LogP contribution in [0.25, 0.3) is 0 Å². The number of aliphatic imine (C=N–C) groups is 1. The molecule has 0 radical (unpaired) electrons. The Kier molecular flexibility index (Phi) is 15.7. The van der Waals surface area contributed by atoms with E-state index >= 15 is 0 Å². The lowest BCUT2D eigenvalue weighted by Crippen LogP contribution is -2.10. The molecule has 182 valence electrons. The smallest absolute Gasteiger partial charge is 0.341 e. The minimum Gasteiger partial charge on any atom is -0.493 e. The van der Waals surface area contributed by atoms with Crippen molar-refractivity contribution in [3.8, 4) is 11.5 Å². The van der Waals surface area contributed by atoms with Crippen molar-refractivity contribution in [2.75, 3.05) is 20.3 Å². The lowest BCUT2D eigenvalue weighted by Gasteiger charge is -2.09. The third kappa shape index (κ3) is 14.5. The van der Waals surface area contributed by atoms with E-state index < -0.39 is 5.97 Å². The number of carbonyl (C=O) groups excluding carboxylic acids is 1. The summed E-state index contributed by atoms with van der Waals surface area (Å²) in [5.74, 6) is 0.114. The van der Waals surface area contributed by atoms with Gasteiger partial charge in [-0.05, 0) is 64.3 Å². The number of benzene rings is 2. The number of carbonyl (C=O) groups is 2. The highest BCUT2D eigenvalue weighted by molar-refractivity contribution is 5.94. The van der Waals surface area contributed by atoms with Gasteiger partial charge in [-0.2, -0.15) is 0 Å². The maximum Gasteiger partial charge on any atom is 0.341 e. The van der Waals surface area contributed by atoms with Crippen molar-refractivity contribution >= 4 is 17.5 Å². The number of carboxylic acid groups (broad SMARTS) is 1. The molecule has 2 aromatic rings. The van der Waals surface area contributed by atoms with Gasteiger partial charge >= 0.3 is 5.97 Å². The predicted molar refractivity (Wildman–Crippen MR) is 135 cm³/mol. The summed E-state index contributed by atoms with van der Waals surface area (Å²) in [6.07, 6.45) is 3.58. The van der Waals surface area contributed by atoms with Gasteiger partial charge in [-0.15, -0.1) is 0 Å². The van der Waals surface area contributed by atoms with Crippen molar-refractivity contribution in [3.05, 3.63) is 59.2 Å². The minimum absolute atomic E-state index is 0.128. The van der Waals surface area contributed by atoms with Gasteiger partial charge in [-0.25, -0.2) is 4.79 Å². The Hall–Kier alpha value is -3.15. The van der Waals surface area contributed by atoms with Gasteiger partial charge < -0.3 is 14.6 Å². The van der Waals surface area contributed by atoms with Crippen molar-refractivity contribution < 1.29 is 24.2 Å². The molecule has 0 saturated heterocycles. The first-order valence-electron chi connectivity index (χ1n) is 11.2. The molecule has 0 aliphatic rings. The maximum atomic E-state index is 10.8. The number of carboxylic acids is 1. The monoisotopic (exact) mass is 457 g/mol. The number of unbranched alkanes of at least 4 members (excludes halogenated alkanes) is 1. The summed E-state index contributed by atoms with van der Waals surface area (Å²) in [4.78, 5) is 25.4. The number of nitrogens with zero attached hydrogens (tertiary/aromatic N) is 1. The molecule has 0 aromatic heterocycles. The number of aliphatic carboxylic acids is 1. The van der Waals surface area contributed by atoms with Crippen molar-refractivity contribution in [3.63, 3.8) is 0 Å². The van der Waals surface area contributed by atoms with E-state index in [0.29, 0.717) is 11.5 Å². The third-order valence-corrected chi connectivity index (χ3v) is 4.50. The molecular weight excluding hydrogens is 418 g/mol. The van der Waals surface area contributed by atoms with Crippen LogP contribution in [0.1, 0.15) is 68.4 Å². The summed E-state index contributed by atoms with van der Waals surface area (Å²) < 4.78 is 10.1. The number of rotatable bonds is 9. The van der Waals surface area contributed by atoms with Crippen LogP contribution in [0, 0.1) is 13.8 Å². The van der Waals surface area contributed by atoms with E-state index in [1.807, 2.05) is 44.2 Å². The molecule has 0 bridgehead atoms. The van der Waals surface area contributed by atoms with Crippen molar-refractivity contribution in [1.82, 2.24) is 0 Å². The van der Waals surface area contributed by atoms with Gasteiger partial charge in [-0.1, -0.05) is 50.1 Å². The lowest BCUT2D eigenvalue weighted by molar-refractivity contribution is -0.139. The molecule has 0 unspecified atom stereocenters. The fraction of sp³-hybridized carbons (Fsp3) is 0.444. The summed E-state index contributed by atoms with van der Waals surface area (Å²) in [6.45, 7) is 12.6. The Bertz CT molecular complexity index is 890. The van der Waals surface area contributed by atoms with E-state index in [4.69, 9.17) is 14.6 Å². The van der Waals surface area contributed by atoms with E-state index in [2.05, 4.69) is 25.8 Å². The zero-order chi connectivity index (χ0) is 25.2. The van der Waals surface area contributed by atoms with Gasteiger partial charge in [0.15, 0.2) is 23.9 Å². The number of aryl methyl sites for hydroxylation is 2. The summed E-state index contributed by atoms with van der Waals surface area (Å²) in [7, 11) is 1.52. The fourth-order valence-corrected chi connectivity index (χ4v) is 2.44. The second kappa shape index (κ2) is 17.4. The molecular formula is C27H39NO5. The van der Waals surface area contributed by atoms with E-state index in [0.717, 1.165) is 29.7 Å². The molecule has 2 rings (SSSR count). The average Bonchev–Trinajstić information content (AvgIpc) is 2.79. The van der Waals surface area contributed by atoms with Crippen LogP contribution in [0.3, 0.4) is 0 Å². The highest BCUT2D eigenvalue weighted by atomic mass is 16.5. The molecule has 0 aliphatic heterocycles. The zero-order valence-electron chi connectivity index (χ0n) is 21.1. The third-order valence-electron chi connectivity index (χ3n) is 4.50. The molecule has 33 heavy (non-hydrogen) atoms. The molecule has 0 heterocycles. The molecule has 6 heteroatoms. The van der Waals surface area contributed by atoms with E-state index in [-0.39, 0.29) is 12.4 Å². The molecule has 6 nitrogen and oxygen atoms in total. The molecule has 1 N–H and O–H groups in total. The number of hydrogen-bond acceptors (Lipinski definition) is 5. The quantitative estimate of drug-likeness (QED) is 0.270. The number of ketones is 1. The summed E-state index contributed by atoms with van der Waals surface area (Å²) >= 11 is 0. The number of hydrogen-bond donors (Lipinski definition) is 1. The topological polar surface area (TPSA) is 85.2 Å². The van der Waals surface area contributed by atoms with Crippen LogP contribution in [0.5, 0.6) is 11.5 Å². The Labute approximate surface area is 198 Å². The summed E-state index contributed by atoms with van der Waals surface area (Å²) in [6, 6.07) is 12.9. The van der Waals surface area contributed by atoms with Gasteiger partial charge in [0.25, 0.3) is 0 Å². The van der Waals surface area contributed by atoms with E-state index in [9.17, 15) is 9.59 Å². The number of ether oxygens (including phenoxy) is 2. The maximum absolute atomic E-state index is 10.8. The first kappa shape index (κ1) is 29.9. The zero-order valence-corrected chi connectivity index (χ0v) is 21.1. The standard InChI is InChI=1S/C10H12O4.C9H10O.C8H17N/c1-7-3-4-8(9(5-7)13-2)14-6-10(11)12;1-7-4-3-5-9(6-7)8(2)10;1-4-6-7-9-8(3)5-2/h3-5H,6H2,1-2H3,(H,11,12);3-6H,1-2H3;4-7H2,1-3H3. The van der Waals surface area contributed by atoms with Crippen LogP contribution in [0.4, 0.5) is 0 Å². The normalized spacial score (nSPS) is 10.2. The Morgan fingerprint density at radius 3 is 2.12 bits per heavy atom. The molecule has 0 aliphatic carbocycles. The Balaban J connectivity index is 0.000000482. The molecule has 0 amide bonds. The van der Waals surface area contributed by atoms with Crippen LogP contribution < -0.4 is 9.47 Å². The largest absolute Gasteiger partial charge is 0.493 e. The van der Waals surface area contributed by atoms with Crippen LogP contribution in [0.2, 0.25) is 0 Å².